The van der Waals surface area contributed by atoms with Crippen LogP contribution in [0.25, 0.3) is 0 Å². The summed E-state index contributed by atoms with van der Waals surface area (Å²) in [5, 5.41) is 10.2. The number of nitrogens with one attached hydrogen (secondary N) is 2. The van der Waals surface area contributed by atoms with Gasteiger partial charge in [-0.05, 0) is 55.4 Å². The number of guanidine groups is 1. The fourth-order valence-electron chi connectivity index (χ4n) is 1.32. The Morgan fingerprint density at radius 2 is 1.52 bits per heavy atom. The van der Waals surface area contributed by atoms with Crippen molar-refractivity contribution >= 4 is 18.1 Å². The van der Waals surface area contributed by atoms with E-state index >= 15 is 0 Å². The molecule has 0 aliphatic carbocycles. The lowest BCUT2D eigenvalue weighted by Crippen LogP contribution is -2.49. The number of carbonyl (C=O) groups excluding carboxylic acids is 2. The molecule has 0 aromatic rings. The Labute approximate surface area is 138 Å². The van der Waals surface area contributed by atoms with Gasteiger partial charge in [-0.3, -0.25) is 10.7 Å². The number of amides is 2. The van der Waals surface area contributed by atoms with Crippen LogP contribution >= 0.6 is 0 Å². The molecule has 0 aromatic heterocycles. The van der Waals surface area contributed by atoms with E-state index in [1.807, 2.05) is 13.8 Å². The first-order valence-electron chi connectivity index (χ1n) is 7.44. The molecule has 0 radical (unpaired) electrons. The average molecular weight is 327 g/mol. The first kappa shape index (κ1) is 20.9. The van der Waals surface area contributed by atoms with E-state index in [1.54, 1.807) is 47.6 Å². The number of hydrogen-bond acceptors (Lipinski definition) is 5. The Morgan fingerprint density at radius 3 is 1.91 bits per heavy atom. The molecule has 2 N–H and O–H groups in total. The smallest absolute Gasteiger partial charge is 0.417 e. The van der Waals surface area contributed by atoms with Crippen LogP contribution in [0.3, 0.4) is 0 Å². The average Bonchev–Trinajstić information content (AvgIpc) is 2.22. The highest BCUT2D eigenvalue weighted by molar-refractivity contribution is 5.99. The van der Waals surface area contributed by atoms with Gasteiger partial charge in [0.25, 0.3) is 0 Å². The molecule has 0 aliphatic rings. The minimum Gasteiger partial charge on any atom is -0.444 e. The van der Waals surface area contributed by atoms with E-state index in [0.717, 1.165) is 10.5 Å². The second-order valence-corrected chi connectivity index (χ2v) is 7.35. The summed E-state index contributed by atoms with van der Waals surface area (Å²) in [5.74, 6) is -0.397. The Morgan fingerprint density at radius 1 is 1.04 bits per heavy atom. The molecule has 2 amide bonds. The molecule has 0 rings (SSSR count). The topological polar surface area (TPSA) is 91.7 Å². The highest BCUT2D eigenvalue weighted by Crippen LogP contribution is 2.11. The van der Waals surface area contributed by atoms with Gasteiger partial charge in [0, 0.05) is 0 Å². The van der Waals surface area contributed by atoms with Crippen LogP contribution in [-0.4, -0.2) is 40.8 Å². The molecular weight excluding hydrogens is 298 g/mol. The summed E-state index contributed by atoms with van der Waals surface area (Å²) in [5.41, 5.74) is -0.420. The number of alkyl carbamates (subject to hydrolysis) is 1. The number of carbonyl (C=O) groups is 2. The summed E-state index contributed by atoms with van der Waals surface area (Å²) in [6.07, 6.45) is 0.249. The minimum absolute atomic E-state index is 0.117. The molecule has 7 nitrogen and oxygen atoms in total. The van der Waals surface area contributed by atoms with Gasteiger partial charge in [0.05, 0.1) is 6.54 Å². The number of ether oxygens (including phenoxy) is 2. The van der Waals surface area contributed by atoms with Gasteiger partial charge in [-0.1, -0.05) is 11.6 Å². The van der Waals surface area contributed by atoms with Gasteiger partial charge in [0.15, 0.2) is 0 Å². The molecule has 0 unspecified atom stereocenters. The number of nitrogens with zero attached hydrogens (tertiary/aromatic N) is 1. The zero-order valence-electron chi connectivity index (χ0n) is 15.4. The lowest BCUT2D eigenvalue weighted by molar-refractivity contribution is 0.0372. The second-order valence-electron chi connectivity index (χ2n) is 7.35. The molecule has 132 valence electrons. The number of rotatable bonds is 2. The van der Waals surface area contributed by atoms with E-state index in [4.69, 9.17) is 14.9 Å². The van der Waals surface area contributed by atoms with E-state index in [9.17, 15) is 9.59 Å². The van der Waals surface area contributed by atoms with Crippen LogP contribution in [0, 0.1) is 5.41 Å². The van der Waals surface area contributed by atoms with Crippen molar-refractivity contribution < 1.29 is 19.1 Å². The lowest BCUT2D eigenvalue weighted by atomic mass is 10.2. The van der Waals surface area contributed by atoms with Crippen molar-refractivity contribution in [2.75, 3.05) is 6.54 Å². The fourth-order valence-corrected chi connectivity index (χ4v) is 1.32. The molecule has 0 atom stereocenters. The third kappa shape index (κ3) is 10.3. The van der Waals surface area contributed by atoms with Crippen LogP contribution in [-0.2, 0) is 9.47 Å². The summed E-state index contributed by atoms with van der Waals surface area (Å²) in [6.45, 7) is 14.2. The van der Waals surface area contributed by atoms with Crippen molar-refractivity contribution in [1.82, 2.24) is 10.2 Å². The van der Waals surface area contributed by atoms with Crippen molar-refractivity contribution in [1.29, 1.82) is 5.41 Å². The van der Waals surface area contributed by atoms with E-state index in [1.165, 1.54) is 0 Å². The highest BCUT2D eigenvalue weighted by Gasteiger charge is 2.26. The van der Waals surface area contributed by atoms with E-state index < -0.39 is 29.3 Å². The van der Waals surface area contributed by atoms with Crippen LogP contribution in [0.5, 0.6) is 0 Å². The van der Waals surface area contributed by atoms with Gasteiger partial charge in [0.2, 0.25) is 5.96 Å². The monoisotopic (exact) mass is 327 g/mol. The molecule has 0 aliphatic heterocycles. The molecule has 23 heavy (non-hydrogen) atoms. The summed E-state index contributed by atoms with van der Waals surface area (Å²) in [6, 6.07) is 0. The van der Waals surface area contributed by atoms with Crippen molar-refractivity contribution in [3.8, 4) is 0 Å². The first-order chi connectivity index (χ1) is 10.2. The molecule has 0 bridgehead atoms. The molecule has 0 fully saturated rings. The predicted molar refractivity (Wildman–Crippen MR) is 89.5 cm³/mol. The number of allylic oxidation sites excluding steroid dienone is 1. The summed E-state index contributed by atoms with van der Waals surface area (Å²) in [7, 11) is 0. The second kappa shape index (κ2) is 7.99. The zero-order valence-corrected chi connectivity index (χ0v) is 15.4. The minimum atomic E-state index is -0.798. The normalized spacial score (nSPS) is 11.3. The number of hydrogen-bond donors (Lipinski definition) is 2. The third-order valence-corrected chi connectivity index (χ3v) is 2.19. The largest absolute Gasteiger partial charge is 0.444 e. The Bertz CT molecular complexity index is 481. The van der Waals surface area contributed by atoms with Gasteiger partial charge in [0.1, 0.15) is 11.2 Å². The van der Waals surface area contributed by atoms with Crippen molar-refractivity contribution in [2.24, 2.45) is 0 Å². The van der Waals surface area contributed by atoms with Crippen molar-refractivity contribution in [3.05, 3.63) is 11.6 Å². The quantitative estimate of drug-likeness (QED) is 0.460. The Hall–Kier alpha value is -2.05. The van der Waals surface area contributed by atoms with E-state index in [0.29, 0.717) is 0 Å². The predicted octanol–water partition coefficient (Wildman–Crippen LogP) is 3.65. The standard InChI is InChI=1S/C16H29N3O4/c1-11(2)9-10-19(14(21)23-16(6,7)8)12(17)18-13(20)22-15(3,4)5/h9H,10H2,1-8H3,(H2,17,18,20). The molecule has 0 heterocycles. The summed E-state index contributed by atoms with van der Waals surface area (Å²) < 4.78 is 10.3. The van der Waals surface area contributed by atoms with Crippen molar-refractivity contribution in [2.45, 2.75) is 66.6 Å². The Kier molecular flexibility index (Phi) is 7.27. The molecule has 0 spiro atoms. The maximum absolute atomic E-state index is 12.2. The van der Waals surface area contributed by atoms with Gasteiger partial charge in [-0.2, -0.15) is 0 Å². The molecule has 0 saturated carbocycles. The van der Waals surface area contributed by atoms with Gasteiger partial charge < -0.3 is 9.47 Å². The van der Waals surface area contributed by atoms with Crippen molar-refractivity contribution in [3.63, 3.8) is 0 Å². The van der Waals surface area contributed by atoms with Gasteiger partial charge in [-0.15, -0.1) is 0 Å². The lowest BCUT2D eigenvalue weighted by Gasteiger charge is -2.27. The van der Waals surface area contributed by atoms with Crippen LogP contribution in [0.1, 0.15) is 55.4 Å². The summed E-state index contributed by atoms with van der Waals surface area (Å²) >= 11 is 0. The van der Waals surface area contributed by atoms with Crippen LogP contribution < -0.4 is 5.32 Å². The van der Waals surface area contributed by atoms with Gasteiger partial charge >= 0.3 is 12.2 Å². The summed E-state index contributed by atoms with van der Waals surface area (Å²) in [4.78, 5) is 25.0. The molecule has 7 heteroatoms. The molecule has 0 aromatic carbocycles. The molecular formula is C16H29N3O4. The van der Waals surface area contributed by atoms with Crippen LogP contribution in [0.4, 0.5) is 9.59 Å². The zero-order chi connectivity index (χ0) is 18.4. The molecule has 0 saturated heterocycles. The Balaban J connectivity index is 5.05. The SMILES string of the molecule is CC(C)=CCN(C(=N)NC(=O)OC(C)(C)C)C(=O)OC(C)(C)C. The van der Waals surface area contributed by atoms with Crippen LogP contribution in [0.15, 0.2) is 11.6 Å². The third-order valence-electron chi connectivity index (χ3n) is 2.19. The van der Waals surface area contributed by atoms with Gasteiger partial charge in [-0.25, -0.2) is 14.5 Å². The highest BCUT2D eigenvalue weighted by atomic mass is 16.6. The van der Waals surface area contributed by atoms with E-state index in [-0.39, 0.29) is 6.54 Å². The van der Waals surface area contributed by atoms with E-state index in [2.05, 4.69) is 5.32 Å². The van der Waals surface area contributed by atoms with Crippen LogP contribution in [0.2, 0.25) is 0 Å². The fraction of sp³-hybridized carbons (Fsp3) is 0.688. The maximum Gasteiger partial charge on any atom is 0.417 e. The first-order valence-corrected chi connectivity index (χ1v) is 7.44. The maximum atomic E-state index is 12.2.